The molecule has 0 aliphatic heterocycles. The standard InChI is InChI=1S/C12H16N4O2S/c1-7(2)16-11(17)14-15-12(16)19-10-5-4-8(18-3)6-9(10)13/h4-7H,13H2,1-3H3,(H,14,17). The summed E-state index contributed by atoms with van der Waals surface area (Å²) in [4.78, 5) is 12.5. The third-order valence-corrected chi connectivity index (χ3v) is 3.67. The number of H-pyrrole nitrogens is 1. The van der Waals surface area contributed by atoms with Crippen molar-refractivity contribution in [2.24, 2.45) is 0 Å². The molecule has 0 saturated heterocycles. The SMILES string of the molecule is COc1ccc(Sc2n[nH]c(=O)n2C(C)C)c(N)c1. The van der Waals surface area contributed by atoms with Crippen LogP contribution in [0.2, 0.25) is 0 Å². The number of aromatic amines is 1. The first-order valence-electron chi connectivity index (χ1n) is 5.81. The van der Waals surface area contributed by atoms with Crippen LogP contribution < -0.4 is 16.2 Å². The fourth-order valence-electron chi connectivity index (χ4n) is 1.66. The number of rotatable bonds is 4. The minimum absolute atomic E-state index is 0.0354. The van der Waals surface area contributed by atoms with Crippen LogP contribution >= 0.6 is 11.8 Å². The molecule has 3 N–H and O–H groups in total. The van der Waals surface area contributed by atoms with Crippen LogP contribution in [0.3, 0.4) is 0 Å². The number of benzene rings is 1. The maximum atomic E-state index is 11.6. The summed E-state index contributed by atoms with van der Waals surface area (Å²) >= 11 is 1.35. The van der Waals surface area contributed by atoms with E-state index in [0.717, 1.165) is 4.90 Å². The molecule has 102 valence electrons. The quantitative estimate of drug-likeness (QED) is 0.835. The minimum Gasteiger partial charge on any atom is -0.497 e. The molecular formula is C12H16N4O2S. The molecule has 0 fully saturated rings. The highest BCUT2D eigenvalue weighted by molar-refractivity contribution is 7.99. The molecule has 0 amide bonds. The van der Waals surface area contributed by atoms with Gasteiger partial charge in [-0.3, -0.25) is 4.57 Å². The molecule has 2 aromatic rings. The largest absolute Gasteiger partial charge is 0.497 e. The molecular weight excluding hydrogens is 264 g/mol. The summed E-state index contributed by atoms with van der Waals surface area (Å²) in [5.74, 6) is 0.699. The van der Waals surface area contributed by atoms with E-state index in [-0.39, 0.29) is 11.7 Å². The molecule has 0 aliphatic carbocycles. The van der Waals surface area contributed by atoms with E-state index in [9.17, 15) is 4.79 Å². The van der Waals surface area contributed by atoms with E-state index in [1.165, 1.54) is 11.8 Å². The van der Waals surface area contributed by atoms with Crippen LogP contribution in [0.5, 0.6) is 5.75 Å². The molecule has 0 aliphatic rings. The van der Waals surface area contributed by atoms with Gasteiger partial charge in [-0.2, -0.15) is 0 Å². The second-order valence-corrected chi connectivity index (χ2v) is 5.29. The average molecular weight is 280 g/mol. The van der Waals surface area contributed by atoms with Gasteiger partial charge < -0.3 is 10.5 Å². The lowest BCUT2D eigenvalue weighted by molar-refractivity contribution is 0.415. The second kappa shape index (κ2) is 5.40. The zero-order chi connectivity index (χ0) is 14.0. The van der Waals surface area contributed by atoms with Crippen LogP contribution in [0.4, 0.5) is 5.69 Å². The lowest BCUT2D eigenvalue weighted by atomic mass is 10.3. The highest BCUT2D eigenvalue weighted by Crippen LogP contribution is 2.33. The number of nitrogens with two attached hydrogens (primary N) is 1. The number of nitrogens with one attached hydrogen (secondary N) is 1. The van der Waals surface area contributed by atoms with Gasteiger partial charge in [0.2, 0.25) is 0 Å². The van der Waals surface area contributed by atoms with Crippen LogP contribution in [-0.2, 0) is 0 Å². The molecule has 1 aromatic heterocycles. The molecule has 0 unspecified atom stereocenters. The maximum Gasteiger partial charge on any atom is 0.344 e. The predicted molar refractivity (Wildman–Crippen MR) is 74.8 cm³/mol. The molecule has 0 radical (unpaired) electrons. The van der Waals surface area contributed by atoms with E-state index in [1.807, 2.05) is 26.0 Å². The lowest BCUT2D eigenvalue weighted by Crippen LogP contribution is -2.19. The number of hydrogen-bond acceptors (Lipinski definition) is 5. The zero-order valence-corrected chi connectivity index (χ0v) is 11.8. The number of nitrogen functional groups attached to an aromatic ring is 1. The molecule has 1 aromatic carbocycles. The lowest BCUT2D eigenvalue weighted by Gasteiger charge is -2.10. The molecule has 6 nitrogen and oxygen atoms in total. The number of hydrogen-bond donors (Lipinski definition) is 2. The molecule has 0 spiro atoms. The Hall–Kier alpha value is -1.89. The van der Waals surface area contributed by atoms with E-state index in [0.29, 0.717) is 16.6 Å². The monoisotopic (exact) mass is 280 g/mol. The van der Waals surface area contributed by atoms with E-state index >= 15 is 0 Å². The van der Waals surface area contributed by atoms with Gasteiger partial charge in [0.15, 0.2) is 5.16 Å². The number of aromatic nitrogens is 3. The van der Waals surface area contributed by atoms with E-state index in [4.69, 9.17) is 10.5 Å². The second-order valence-electron chi connectivity index (χ2n) is 4.28. The Morgan fingerprint density at radius 1 is 1.47 bits per heavy atom. The number of anilines is 1. The highest BCUT2D eigenvalue weighted by Gasteiger charge is 2.14. The van der Waals surface area contributed by atoms with Gasteiger partial charge in [0.25, 0.3) is 0 Å². The Bertz CT molecular complexity index is 633. The summed E-state index contributed by atoms with van der Waals surface area (Å²) < 4.78 is 6.69. The summed E-state index contributed by atoms with van der Waals surface area (Å²) in [5.41, 5.74) is 6.33. The molecule has 19 heavy (non-hydrogen) atoms. The highest BCUT2D eigenvalue weighted by atomic mass is 32.2. The smallest absolute Gasteiger partial charge is 0.344 e. The molecule has 7 heteroatoms. The van der Waals surface area contributed by atoms with Gasteiger partial charge in [-0.15, -0.1) is 5.10 Å². The van der Waals surface area contributed by atoms with Gasteiger partial charge in [0.1, 0.15) is 5.75 Å². The number of ether oxygens (including phenoxy) is 1. The summed E-state index contributed by atoms with van der Waals surface area (Å²) in [6, 6.07) is 5.45. The first-order valence-corrected chi connectivity index (χ1v) is 6.63. The van der Waals surface area contributed by atoms with Crippen molar-refractivity contribution < 1.29 is 4.74 Å². The fourth-order valence-corrected chi connectivity index (χ4v) is 2.66. The average Bonchev–Trinajstić information content (AvgIpc) is 2.73. The normalized spacial score (nSPS) is 10.9. The number of nitrogens with zero attached hydrogens (tertiary/aromatic N) is 2. The fraction of sp³-hybridized carbons (Fsp3) is 0.333. The molecule has 0 atom stereocenters. The van der Waals surface area contributed by atoms with Crippen LogP contribution in [0.15, 0.2) is 33.0 Å². The van der Waals surface area contributed by atoms with Crippen molar-refractivity contribution in [2.75, 3.05) is 12.8 Å². The molecule has 0 bridgehead atoms. The Balaban J connectivity index is 2.34. The van der Waals surface area contributed by atoms with Crippen molar-refractivity contribution in [3.8, 4) is 5.75 Å². The number of methoxy groups -OCH3 is 1. The van der Waals surface area contributed by atoms with E-state index < -0.39 is 0 Å². The summed E-state index contributed by atoms with van der Waals surface area (Å²) in [7, 11) is 1.59. The predicted octanol–water partition coefficient (Wildman–Crippen LogP) is 1.89. The first-order chi connectivity index (χ1) is 9.02. The maximum absolute atomic E-state index is 11.6. The topological polar surface area (TPSA) is 85.9 Å². The van der Waals surface area contributed by atoms with E-state index in [2.05, 4.69) is 10.2 Å². The summed E-state index contributed by atoms with van der Waals surface area (Å²) in [5, 5.41) is 7.06. The van der Waals surface area contributed by atoms with Crippen LogP contribution in [0.25, 0.3) is 0 Å². The zero-order valence-electron chi connectivity index (χ0n) is 11.0. The van der Waals surface area contributed by atoms with Crippen molar-refractivity contribution in [1.29, 1.82) is 0 Å². The Labute approximate surface area is 115 Å². The Morgan fingerprint density at radius 2 is 2.21 bits per heavy atom. The minimum atomic E-state index is -0.218. The Morgan fingerprint density at radius 3 is 2.79 bits per heavy atom. The third kappa shape index (κ3) is 2.76. The van der Waals surface area contributed by atoms with E-state index in [1.54, 1.807) is 17.7 Å². The van der Waals surface area contributed by atoms with Crippen molar-refractivity contribution in [3.63, 3.8) is 0 Å². The van der Waals surface area contributed by atoms with Crippen LogP contribution in [0.1, 0.15) is 19.9 Å². The summed E-state index contributed by atoms with van der Waals surface area (Å²) in [6.07, 6.45) is 0. The third-order valence-electron chi connectivity index (χ3n) is 2.61. The van der Waals surface area contributed by atoms with Crippen LogP contribution in [0, 0.1) is 0 Å². The van der Waals surface area contributed by atoms with Crippen LogP contribution in [-0.4, -0.2) is 21.9 Å². The van der Waals surface area contributed by atoms with Gasteiger partial charge in [0.05, 0.1) is 7.11 Å². The van der Waals surface area contributed by atoms with Gasteiger partial charge in [-0.1, -0.05) is 0 Å². The van der Waals surface area contributed by atoms with Crippen molar-refractivity contribution in [2.45, 2.75) is 29.9 Å². The molecule has 1 heterocycles. The van der Waals surface area contributed by atoms with Gasteiger partial charge in [-0.25, -0.2) is 9.89 Å². The molecule has 2 rings (SSSR count). The Kier molecular flexibility index (Phi) is 3.84. The first kappa shape index (κ1) is 13.5. The van der Waals surface area contributed by atoms with Gasteiger partial charge in [0, 0.05) is 22.7 Å². The van der Waals surface area contributed by atoms with Crippen molar-refractivity contribution in [1.82, 2.24) is 14.8 Å². The summed E-state index contributed by atoms with van der Waals surface area (Å²) in [6.45, 7) is 3.86. The molecule has 0 saturated carbocycles. The van der Waals surface area contributed by atoms with Crippen molar-refractivity contribution in [3.05, 3.63) is 28.7 Å². The van der Waals surface area contributed by atoms with Crippen molar-refractivity contribution >= 4 is 17.4 Å². The van der Waals surface area contributed by atoms with Gasteiger partial charge >= 0.3 is 5.69 Å². The van der Waals surface area contributed by atoms with Gasteiger partial charge in [-0.05, 0) is 37.7 Å².